The third kappa shape index (κ3) is 8.86. The first-order valence-electron chi connectivity index (χ1n) is 14.8. The van der Waals surface area contributed by atoms with E-state index in [9.17, 15) is 18.0 Å². The van der Waals surface area contributed by atoms with Crippen molar-refractivity contribution in [2.24, 2.45) is 0 Å². The van der Waals surface area contributed by atoms with Crippen LogP contribution in [0.5, 0.6) is 17.2 Å². The quantitative estimate of drug-likeness (QED) is 0.161. The summed E-state index contributed by atoms with van der Waals surface area (Å²) in [6.45, 7) is 3.68. The number of carbonyl (C=O) groups is 2. The molecule has 0 aliphatic carbocycles. The van der Waals surface area contributed by atoms with Gasteiger partial charge in [0, 0.05) is 13.1 Å². The van der Waals surface area contributed by atoms with E-state index in [1.807, 2.05) is 43.3 Å². The number of methoxy groups -OCH3 is 1. The molecule has 10 heteroatoms. The van der Waals surface area contributed by atoms with Gasteiger partial charge in [-0.25, -0.2) is 8.42 Å². The lowest BCUT2D eigenvalue weighted by atomic mass is 10.1. The molecule has 0 aliphatic rings. The number of carbonyl (C=O) groups excluding carboxylic acids is 2. The number of ether oxygens (including phenoxy) is 2. The van der Waals surface area contributed by atoms with Gasteiger partial charge in [0.25, 0.3) is 10.0 Å². The van der Waals surface area contributed by atoms with Gasteiger partial charge in [0.2, 0.25) is 11.8 Å². The first kappa shape index (κ1) is 33.1. The van der Waals surface area contributed by atoms with Gasteiger partial charge in [-0.05, 0) is 79.6 Å². The second-order valence-corrected chi connectivity index (χ2v) is 12.3. The Hall–Kier alpha value is -4.83. The topological polar surface area (TPSA) is 105 Å². The number of nitrogens with one attached hydrogen (secondary N) is 1. The molecule has 0 aromatic heterocycles. The highest BCUT2D eigenvalue weighted by atomic mass is 32.2. The van der Waals surface area contributed by atoms with E-state index in [1.54, 1.807) is 74.7 Å². The molecule has 4 rings (SSSR count). The highest BCUT2D eigenvalue weighted by Crippen LogP contribution is 2.28. The van der Waals surface area contributed by atoms with Crippen LogP contribution in [-0.4, -0.2) is 51.4 Å². The smallest absolute Gasteiger partial charge is 0.264 e. The zero-order chi connectivity index (χ0) is 32.2. The minimum Gasteiger partial charge on any atom is -0.497 e. The molecule has 0 saturated carbocycles. The van der Waals surface area contributed by atoms with Crippen molar-refractivity contribution in [3.8, 4) is 17.2 Å². The molecule has 0 radical (unpaired) electrons. The van der Waals surface area contributed by atoms with E-state index >= 15 is 0 Å². The van der Waals surface area contributed by atoms with Gasteiger partial charge in [-0.15, -0.1) is 0 Å². The van der Waals surface area contributed by atoms with Crippen molar-refractivity contribution in [2.45, 2.75) is 44.2 Å². The second-order valence-electron chi connectivity index (χ2n) is 10.4. The molecule has 1 unspecified atom stereocenters. The maximum atomic E-state index is 14.1. The van der Waals surface area contributed by atoms with Gasteiger partial charge >= 0.3 is 0 Å². The lowest BCUT2D eigenvalue weighted by Crippen LogP contribution is -2.51. The first-order valence-corrected chi connectivity index (χ1v) is 16.3. The predicted octanol–water partition coefficient (Wildman–Crippen LogP) is 6.02. The fraction of sp³-hybridized carbons (Fsp3) is 0.257. The van der Waals surface area contributed by atoms with Gasteiger partial charge in [0.1, 0.15) is 29.8 Å². The molecule has 0 aliphatic heterocycles. The van der Waals surface area contributed by atoms with E-state index in [4.69, 9.17) is 9.47 Å². The van der Waals surface area contributed by atoms with Crippen LogP contribution >= 0.6 is 0 Å². The van der Waals surface area contributed by atoms with Crippen LogP contribution in [0.15, 0.2) is 114 Å². The summed E-state index contributed by atoms with van der Waals surface area (Å²) in [4.78, 5) is 28.7. The molecule has 2 amide bonds. The van der Waals surface area contributed by atoms with Crippen molar-refractivity contribution in [3.63, 3.8) is 0 Å². The molecule has 1 atom stereocenters. The van der Waals surface area contributed by atoms with Crippen LogP contribution in [0.4, 0.5) is 5.69 Å². The van der Waals surface area contributed by atoms with E-state index in [1.165, 1.54) is 17.0 Å². The van der Waals surface area contributed by atoms with Crippen LogP contribution in [0.3, 0.4) is 0 Å². The van der Waals surface area contributed by atoms with Crippen LogP contribution in [0.25, 0.3) is 0 Å². The average Bonchev–Trinajstić information content (AvgIpc) is 3.07. The van der Waals surface area contributed by atoms with Crippen molar-refractivity contribution in [2.75, 3.05) is 24.5 Å². The van der Waals surface area contributed by atoms with Crippen LogP contribution in [-0.2, 0) is 26.2 Å². The second kappa shape index (κ2) is 15.8. The van der Waals surface area contributed by atoms with Gasteiger partial charge in [-0.2, -0.15) is 0 Å². The summed E-state index contributed by atoms with van der Waals surface area (Å²) < 4.78 is 40.3. The number of benzene rings is 4. The summed E-state index contributed by atoms with van der Waals surface area (Å²) in [6.07, 6.45) is 1.71. The zero-order valence-electron chi connectivity index (χ0n) is 25.8. The Morgan fingerprint density at radius 2 is 1.44 bits per heavy atom. The van der Waals surface area contributed by atoms with E-state index in [0.29, 0.717) is 23.8 Å². The number of amides is 2. The summed E-state index contributed by atoms with van der Waals surface area (Å²) in [7, 11) is -2.63. The molecule has 236 valence electrons. The number of para-hydroxylation sites is 1. The molecule has 0 heterocycles. The lowest BCUT2D eigenvalue weighted by Gasteiger charge is -2.32. The number of rotatable bonds is 15. The zero-order valence-corrected chi connectivity index (χ0v) is 26.6. The Labute approximate surface area is 265 Å². The van der Waals surface area contributed by atoms with Crippen molar-refractivity contribution in [3.05, 3.63) is 115 Å². The molecule has 0 fully saturated rings. The molecule has 4 aromatic rings. The Morgan fingerprint density at radius 1 is 0.822 bits per heavy atom. The maximum Gasteiger partial charge on any atom is 0.264 e. The number of anilines is 1. The minimum atomic E-state index is -4.18. The molecular weight excluding hydrogens is 590 g/mol. The highest BCUT2D eigenvalue weighted by Gasteiger charge is 2.32. The Balaban J connectivity index is 1.68. The molecule has 45 heavy (non-hydrogen) atoms. The summed E-state index contributed by atoms with van der Waals surface area (Å²) in [6, 6.07) is 30.0. The Morgan fingerprint density at radius 3 is 2.09 bits per heavy atom. The summed E-state index contributed by atoms with van der Waals surface area (Å²) in [5, 5.41) is 2.89. The van der Waals surface area contributed by atoms with Crippen molar-refractivity contribution < 1.29 is 27.5 Å². The van der Waals surface area contributed by atoms with E-state index in [0.717, 1.165) is 22.7 Å². The summed E-state index contributed by atoms with van der Waals surface area (Å²) >= 11 is 0. The SMILES string of the molecule is CCCCNC(=O)C(C)N(Cc1cccc(OC)c1)C(=O)CN(c1ccc(Oc2ccccc2)cc1)S(=O)(=O)c1ccccc1. The molecule has 9 nitrogen and oxygen atoms in total. The molecule has 0 saturated heterocycles. The van der Waals surface area contributed by atoms with E-state index in [2.05, 4.69) is 5.32 Å². The number of hydrogen-bond donors (Lipinski definition) is 1. The van der Waals surface area contributed by atoms with Gasteiger partial charge in [-0.1, -0.05) is 61.9 Å². The fourth-order valence-electron chi connectivity index (χ4n) is 4.64. The number of sulfonamides is 1. The van der Waals surface area contributed by atoms with Crippen LogP contribution in [0.2, 0.25) is 0 Å². The van der Waals surface area contributed by atoms with Crippen molar-refractivity contribution in [1.82, 2.24) is 10.2 Å². The lowest BCUT2D eigenvalue weighted by molar-refractivity contribution is -0.139. The van der Waals surface area contributed by atoms with Crippen molar-refractivity contribution in [1.29, 1.82) is 0 Å². The highest BCUT2D eigenvalue weighted by molar-refractivity contribution is 7.92. The maximum absolute atomic E-state index is 14.1. The predicted molar refractivity (Wildman–Crippen MR) is 175 cm³/mol. The number of nitrogens with zero attached hydrogens (tertiary/aromatic N) is 2. The Kier molecular flexibility index (Phi) is 11.6. The fourth-order valence-corrected chi connectivity index (χ4v) is 6.07. The first-order chi connectivity index (χ1) is 21.7. The largest absolute Gasteiger partial charge is 0.497 e. The van der Waals surface area contributed by atoms with Crippen molar-refractivity contribution >= 4 is 27.5 Å². The minimum absolute atomic E-state index is 0.0344. The average molecular weight is 630 g/mol. The molecule has 4 aromatic carbocycles. The van der Waals surface area contributed by atoms with Crippen LogP contribution in [0, 0.1) is 0 Å². The molecule has 0 bridgehead atoms. The van der Waals surface area contributed by atoms with Crippen LogP contribution in [0.1, 0.15) is 32.3 Å². The molecular formula is C35H39N3O6S. The third-order valence-electron chi connectivity index (χ3n) is 7.20. The summed E-state index contributed by atoms with van der Waals surface area (Å²) in [5.41, 5.74) is 1.00. The van der Waals surface area contributed by atoms with Gasteiger partial charge in [0.15, 0.2) is 0 Å². The van der Waals surface area contributed by atoms with Gasteiger partial charge < -0.3 is 19.7 Å². The van der Waals surface area contributed by atoms with Gasteiger partial charge in [-0.3, -0.25) is 13.9 Å². The van der Waals surface area contributed by atoms with Gasteiger partial charge in [0.05, 0.1) is 17.7 Å². The monoisotopic (exact) mass is 629 g/mol. The normalized spacial score (nSPS) is 11.7. The number of unbranched alkanes of at least 4 members (excludes halogenated alkanes) is 1. The molecule has 0 spiro atoms. The standard InChI is InChI=1S/C35H39N3O6S/c1-4-5-23-36-35(40)27(2)37(25-28-13-12-16-32(24-28)43-3)34(39)26-38(45(41,42)33-17-10-7-11-18-33)29-19-21-31(22-20-29)44-30-14-8-6-9-15-30/h6-22,24,27H,4-5,23,25-26H2,1-3H3,(H,36,40). The number of hydrogen-bond acceptors (Lipinski definition) is 6. The molecule has 1 N–H and O–H groups in total. The van der Waals surface area contributed by atoms with E-state index < -0.39 is 28.5 Å². The van der Waals surface area contributed by atoms with E-state index in [-0.39, 0.29) is 23.0 Å². The third-order valence-corrected chi connectivity index (χ3v) is 8.99. The van der Waals surface area contributed by atoms with Crippen LogP contribution < -0.4 is 19.1 Å². The Bertz CT molecular complexity index is 1650. The summed E-state index contributed by atoms with van der Waals surface area (Å²) in [5.74, 6) is 0.879.